The summed E-state index contributed by atoms with van der Waals surface area (Å²) in [4.78, 5) is 0. The molecule has 0 spiro atoms. The summed E-state index contributed by atoms with van der Waals surface area (Å²) in [5.41, 5.74) is 4.72. The van der Waals surface area contributed by atoms with Crippen molar-refractivity contribution in [2.24, 2.45) is 5.92 Å². The average molecular weight is 244 g/mol. The van der Waals surface area contributed by atoms with Gasteiger partial charge >= 0.3 is 0 Å². The summed E-state index contributed by atoms with van der Waals surface area (Å²) in [7, 11) is 0. The van der Waals surface area contributed by atoms with E-state index in [0.29, 0.717) is 0 Å². The second kappa shape index (κ2) is 5.85. The second-order valence-electron chi connectivity index (χ2n) is 5.79. The van der Waals surface area contributed by atoms with Crippen molar-refractivity contribution in [1.82, 2.24) is 10.6 Å². The second-order valence-corrected chi connectivity index (χ2v) is 5.79. The number of hydrogen-bond donors (Lipinski definition) is 2. The molecule has 2 N–H and O–H groups in total. The van der Waals surface area contributed by atoms with E-state index in [2.05, 4.69) is 28.8 Å². The molecular formula is C16H24N2. The summed E-state index contributed by atoms with van der Waals surface area (Å²) in [5, 5.41) is 6.89. The molecule has 0 aromatic heterocycles. The fraction of sp³-hybridized carbons (Fsp3) is 0.625. The van der Waals surface area contributed by atoms with Crippen LogP contribution in [-0.2, 0) is 19.3 Å². The lowest BCUT2D eigenvalue weighted by Gasteiger charge is -2.27. The minimum Gasteiger partial charge on any atom is -0.316 e. The Hall–Kier alpha value is -0.860. The molecule has 2 aliphatic rings. The van der Waals surface area contributed by atoms with E-state index in [0.717, 1.165) is 12.5 Å². The average Bonchev–Trinajstić information content (AvgIpc) is 2.36. The first kappa shape index (κ1) is 12.2. The molecule has 0 bridgehead atoms. The molecule has 0 atom stereocenters. The van der Waals surface area contributed by atoms with Crippen LogP contribution < -0.4 is 10.6 Å². The number of nitrogens with one attached hydrogen (secondary N) is 2. The molecule has 98 valence electrons. The minimum absolute atomic E-state index is 0.869. The summed E-state index contributed by atoms with van der Waals surface area (Å²) >= 11 is 0. The number of fused-ring (bicyclic) bond motifs is 1. The predicted octanol–water partition coefficient (Wildman–Crippen LogP) is 1.92. The highest BCUT2D eigenvalue weighted by molar-refractivity contribution is 5.33. The Bertz CT molecular complexity index is 396. The fourth-order valence-corrected chi connectivity index (χ4v) is 2.97. The van der Waals surface area contributed by atoms with Crippen LogP contribution in [0.3, 0.4) is 0 Å². The van der Waals surface area contributed by atoms with Crippen molar-refractivity contribution in [3.63, 3.8) is 0 Å². The number of aryl methyl sites for hydroxylation is 2. The fourth-order valence-electron chi connectivity index (χ4n) is 2.97. The first-order valence-corrected chi connectivity index (χ1v) is 7.44. The third-order valence-corrected chi connectivity index (χ3v) is 4.30. The van der Waals surface area contributed by atoms with Crippen molar-refractivity contribution in [1.29, 1.82) is 0 Å². The third-order valence-electron chi connectivity index (χ3n) is 4.30. The summed E-state index contributed by atoms with van der Waals surface area (Å²) in [6.07, 6.45) is 6.52. The highest BCUT2D eigenvalue weighted by Gasteiger charge is 2.15. The Morgan fingerprint density at radius 3 is 2.72 bits per heavy atom. The molecule has 1 aliphatic carbocycles. The summed E-state index contributed by atoms with van der Waals surface area (Å²) in [6, 6.07) is 7.14. The smallest absolute Gasteiger partial charge is 0.000394 e. The molecule has 0 unspecified atom stereocenters. The maximum absolute atomic E-state index is 3.58. The number of hydrogen-bond acceptors (Lipinski definition) is 2. The van der Waals surface area contributed by atoms with Crippen LogP contribution in [0.5, 0.6) is 0 Å². The van der Waals surface area contributed by atoms with E-state index in [-0.39, 0.29) is 0 Å². The Labute approximate surface area is 110 Å². The Morgan fingerprint density at radius 2 is 1.94 bits per heavy atom. The van der Waals surface area contributed by atoms with Crippen LogP contribution in [0.1, 0.15) is 29.5 Å². The van der Waals surface area contributed by atoms with Crippen LogP contribution in [-0.4, -0.2) is 26.2 Å². The standard InChI is InChI=1S/C16H24N2/c1-2-4-16-9-13(5-6-15(16)3-1)7-8-17-10-14-11-18-12-14/h5-6,9,14,17-18H,1-4,7-8,10-12H2. The highest BCUT2D eigenvalue weighted by atomic mass is 15.0. The number of benzene rings is 1. The van der Waals surface area contributed by atoms with Crippen LogP contribution in [0.4, 0.5) is 0 Å². The largest absolute Gasteiger partial charge is 0.316 e. The molecule has 1 aromatic rings. The van der Waals surface area contributed by atoms with Gasteiger partial charge < -0.3 is 10.6 Å². The lowest BCUT2D eigenvalue weighted by Crippen LogP contribution is -2.47. The van der Waals surface area contributed by atoms with Crippen LogP contribution in [0.25, 0.3) is 0 Å². The van der Waals surface area contributed by atoms with Gasteiger partial charge in [-0.2, -0.15) is 0 Å². The molecule has 0 amide bonds. The van der Waals surface area contributed by atoms with Gasteiger partial charge in [-0.05, 0) is 61.3 Å². The van der Waals surface area contributed by atoms with E-state index in [1.165, 1.54) is 57.3 Å². The summed E-state index contributed by atoms with van der Waals surface area (Å²) in [6.45, 7) is 4.70. The first-order valence-electron chi connectivity index (χ1n) is 7.44. The van der Waals surface area contributed by atoms with Crippen LogP contribution >= 0.6 is 0 Å². The monoisotopic (exact) mass is 244 g/mol. The molecule has 1 aromatic carbocycles. The topological polar surface area (TPSA) is 24.1 Å². The Morgan fingerprint density at radius 1 is 1.11 bits per heavy atom. The molecule has 2 heteroatoms. The van der Waals surface area contributed by atoms with E-state index in [9.17, 15) is 0 Å². The molecule has 1 heterocycles. The molecule has 0 saturated carbocycles. The van der Waals surface area contributed by atoms with Gasteiger partial charge in [-0.3, -0.25) is 0 Å². The molecule has 1 saturated heterocycles. The van der Waals surface area contributed by atoms with Crippen LogP contribution in [0, 0.1) is 5.92 Å². The van der Waals surface area contributed by atoms with Crippen molar-refractivity contribution in [3.8, 4) is 0 Å². The van der Waals surface area contributed by atoms with Gasteiger partial charge in [0.15, 0.2) is 0 Å². The maximum atomic E-state index is 3.58. The number of rotatable bonds is 5. The van der Waals surface area contributed by atoms with Gasteiger partial charge in [0.05, 0.1) is 0 Å². The van der Waals surface area contributed by atoms with Gasteiger partial charge in [0.25, 0.3) is 0 Å². The van der Waals surface area contributed by atoms with Gasteiger partial charge in [0.2, 0.25) is 0 Å². The molecule has 0 radical (unpaired) electrons. The Kier molecular flexibility index (Phi) is 3.96. The summed E-state index contributed by atoms with van der Waals surface area (Å²) in [5.74, 6) is 0.869. The van der Waals surface area contributed by atoms with Crippen LogP contribution in [0.15, 0.2) is 18.2 Å². The molecule has 2 nitrogen and oxygen atoms in total. The van der Waals surface area contributed by atoms with E-state index in [1.807, 2.05) is 0 Å². The van der Waals surface area contributed by atoms with E-state index in [1.54, 1.807) is 11.1 Å². The van der Waals surface area contributed by atoms with Gasteiger partial charge in [0.1, 0.15) is 0 Å². The van der Waals surface area contributed by atoms with Crippen molar-refractivity contribution in [2.75, 3.05) is 26.2 Å². The van der Waals surface area contributed by atoms with Crippen molar-refractivity contribution in [2.45, 2.75) is 32.1 Å². The van der Waals surface area contributed by atoms with E-state index in [4.69, 9.17) is 0 Å². The first-order chi connectivity index (χ1) is 8.92. The highest BCUT2D eigenvalue weighted by Crippen LogP contribution is 2.22. The zero-order valence-corrected chi connectivity index (χ0v) is 11.2. The van der Waals surface area contributed by atoms with Gasteiger partial charge in [-0.15, -0.1) is 0 Å². The zero-order chi connectivity index (χ0) is 12.2. The molecule has 1 aliphatic heterocycles. The van der Waals surface area contributed by atoms with Crippen molar-refractivity contribution >= 4 is 0 Å². The van der Waals surface area contributed by atoms with E-state index < -0.39 is 0 Å². The van der Waals surface area contributed by atoms with E-state index >= 15 is 0 Å². The normalized spacial score (nSPS) is 19.3. The molecule has 18 heavy (non-hydrogen) atoms. The predicted molar refractivity (Wildman–Crippen MR) is 76.0 cm³/mol. The van der Waals surface area contributed by atoms with Gasteiger partial charge in [-0.25, -0.2) is 0 Å². The van der Waals surface area contributed by atoms with Crippen molar-refractivity contribution < 1.29 is 0 Å². The molecule has 1 fully saturated rings. The summed E-state index contributed by atoms with van der Waals surface area (Å²) < 4.78 is 0. The lowest BCUT2D eigenvalue weighted by molar-refractivity contribution is 0.333. The SMILES string of the molecule is c1cc2c(cc1CCNCC1CNC1)CCCC2. The van der Waals surface area contributed by atoms with Crippen LogP contribution in [0.2, 0.25) is 0 Å². The van der Waals surface area contributed by atoms with Gasteiger partial charge in [0, 0.05) is 19.6 Å². The maximum Gasteiger partial charge on any atom is 0.000394 e. The van der Waals surface area contributed by atoms with Gasteiger partial charge in [-0.1, -0.05) is 18.2 Å². The van der Waals surface area contributed by atoms with Crippen molar-refractivity contribution in [3.05, 3.63) is 34.9 Å². The quantitative estimate of drug-likeness (QED) is 0.773. The minimum atomic E-state index is 0.869. The Balaban J connectivity index is 1.46. The zero-order valence-electron chi connectivity index (χ0n) is 11.2. The third kappa shape index (κ3) is 2.93. The lowest BCUT2D eigenvalue weighted by atomic mass is 9.90. The molecule has 3 rings (SSSR count). The molecular weight excluding hydrogens is 220 g/mol.